The Morgan fingerprint density at radius 2 is 1.38 bits per heavy atom. The van der Waals surface area contributed by atoms with Crippen LogP contribution >= 0.6 is 24.0 Å². The number of thioether (sulfide) groups is 1. The van der Waals surface area contributed by atoms with Gasteiger partial charge >= 0.3 is 5.97 Å². The second kappa shape index (κ2) is 12.6. The van der Waals surface area contributed by atoms with Gasteiger partial charge in [-0.2, -0.15) is 0 Å². The molecule has 1 fully saturated rings. The zero-order valence-corrected chi connectivity index (χ0v) is 22.9. The summed E-state index contributed by atoms with van der Waals surface area (Å²) < 4.78 is 12.4. The molecule has 1 aliphatic rings. The summed E-state index contributed by atoms with van der Waals surface area (Å²) in [6.07, 6.45) is 1.69. The lowest BCUT2D eigenvalue weighted by Gasteiger charge is -2.23. The van der Waals surface area contributed by atoms with Gasteiger partial charge in [0.2, 0.25) is 0 Å². The molecule has 1 saturated heterocycles. The van der Waals surface area contributed by atoms with Crippen molar-refractivity contribution < 1.29 is 24.2 Å². The molecule has 1 heterocycles. The average Bonchev–Trinajstić information content (AvgIpc) is 3.25. The van der Waals surface area contributed by atoms with E-state index in [0.29, 0.717) is 40.7 Å². The fourth-order valence-electron chi connectivity index (χ4n) is 4.21. The Morgan fingerprint density at radius 1 is 0.825 bits per heavy atom. The summed E-state index contributed by atoms with van der Waals surface area (Å²) in [7, 11) is 0. The van der Waals surface area contributed by atoms with E-state index >= 15 is 0 Å². The summed E-state index contributed by atoms with van der Waals surface area (Å²) in [6, 6.07) is 32.5. The highest BCUT2D eigenvalue weighted by atomic mass is 32.2. The molecular weight excluding hydrogens is 542 g/mol. The molecule has 40 heavy (non-hydrogen) atoms. The first-order chi connectivity index (χ1) is 19.5. The molecule has 6 nitrogen and oxygen atoms in total. The maximum absolute atomic E-state index is 13.4. The molecular formula is C32H25NO5S2. The lowest BCUT2D eigenvalue weighted by molar-refractivity contribution is -0.145. The molecule has 8 heteroatoms. The second-order valence-corrected chi connectivity index (χ2v) is 10.6. The van der Waals surface area contributed by atoms with Crippen LogP contribution in [0.4, 0.5) is 0 Å². The minimum absolute atomic E-state index is 0.191. The molecule has 1 aliphatic heterocycles. The first-order valence-electron chi connectivity index (χ1n) is 12.5. The Labute approximate surface area is 241 Å². The lowest BCUT2D eigenvalue weighted by atomic mass is 10.1. The van der Waals surface area contributed by atoms with Crippen molar-refractivity contribution in [2.45, 2.75) is 19.3 Å². The molecule has 1 amide bonds. The molecule has 0 bridgehead atoms. The fourth-order valence-corrected chi connectivity index (χ4v) is 5.52. The van der Waals surface area contributed by atoms with Crippen LogP contribution in [0.3, 0.4) is 0 Å². The van der Waals surface area contributed by atoms with Gasteiger partial charge in [-0.1, -0.05) is 121 Å². The summed E-state index contributed by atoms with van der Waals surface area (Å²) in [5.41, 5.74) is 3.20. The molecule has 0 spiro atoms. The summed E-state index contributed by atoms with van der Waals surface area (Å²) in [5, 5.41) is 9.94. The van der Waals surface area contributed by atoms with Gasteiger partial charge in [-0.25, -0.2) is 4.79 Å². The molecule has 4 aromatic carbocycles. The third-order valence-corrected chi connectivity index (χ3v) is 7.50. The number of carboxylic acids is 1. The first-order valence-corrected chi connectivity index (χ1v) is 13.7. The summed E-state index contributed by atoms with van der Waals surface area (Å²) in [5.74, 6) is -0.515. The molecule has 1 unspecified atom stereocenters. The Bertz CT molecular complexity index is 1540. The lowest BCUT2D eigenvalue weighted by Crippen LogP contribution is -2.37. The van der Waals surface area contributed by atoms with Gasteiger partial charge in [0.1, 0.15) is 17.5 Å². The quantitative estimate of drug-likeness (QED) is 0.166. The third kappa shape index (κ3) is 6.42. The van der Waals surface area contributed by atoms with Crippen molar-refractivity contribution in [3.63, 3.8) is 0 Å². The Morgan fingerprint density at radius 3 is 1.95 bits per heavy atom. The molecule has 5 rings (SSSR count). The van der Waals surface area contributed by atoms with E-state index in [2.05, 4.69) is 0 Å². The maximum atomic E-state index is 13.4. The van der Waals surface area contributed by atoms with Crippen molar-refractivity contribution >= 4 is 46.3 Å². The number of ether oxygens (including phenoxy) is 2. The van der Waals surface area contributed by atoms with Gasteiger partial charge in [0.15, 0.2) is 17.5 Å². The van der Waals surface area contributed by atoms with Crippen LogP contribution in [0.25, 0.3) is 6.08 Å². The Hall–Kier alpha value is -4.40. The minimum atomic E-state index is -1.21. The Balaban J connectivity index is 1.41. The van der Waals surface area contributed by atoms with Crippen LogP contribution in [-0.2, 0) is 22.8 Å². The fraction of sp³-hybridized carbons (Fsp3) is 0.0938. The van der Waals surface area contributed by atoms with E-state index in [-0.39, 0.29) is 4.32 Å². The summed E-state index contributed by atoms with van der Waals surface area (Å²) >= 11 is 6.53. The maximum Gasteiger partial charge on any atom is 0.331 e. The molecule has 4 aromatic rings. The normalized spacial score (nSPS) is 14.8. The monoisotopic (exact) mass is 567 g/mol. The summed E-state index contributed by atoms with van der Waals surface area (Å²) in [4.78, 5) is 27.0. The molecule has 0 radical (unpaired) electrons. The predicted octanol–water partition coefficient (Wildman–Crippen LogP) is 6.87. The number of thiocarbonyl (C=S) groups is 1. The molecule has 200 valence electrons. The van der Waals surface area contributed by atoms with Crippen LogP contribution in [0.15, 0.2) is 114 Å². The van der Waals surface area contributed by atoms with Crippen LogP contribution in [-0.4, -0.2) is 26.2 Å². The van der Waals surface area contributed by atoms with E-state index in [1.807, 2.05) is 72.8 Å². The average molecular weight is 568 g/mol. The van der Waals surface area contributed by atoms with Gasteiger partial charge in [-0.05, 0) is 40.5 Å². The van der Waals surface area contributed by atoms with Crippen LogP contribution in [0.2, 0.25) is 0 Å². The number of carbonyl (C=O) groups is 2. The van der Waals surface area contributed by atoms with Crippen molar-refractivity contribution in [3.05, 3.63) is 136 Å². The largest absolute Gasteiger partial charge is 0.485 e. The van der Waals surface area contributed by atoms with Crippen molar-refractivity contribution in [2.24, 2.45) is 0 Å². The molecule has 0 aromatic heterocycles. The molecule has 0 aliphatic carbocycles. The van der Waals surface area contributed by atoms with Crippen LogP contribution in [0.5, 0.6) is 11.5 Å². The first kappa shape index (κ1) is 27.2. The number of rotatable bonds is 10. The number of hydrogen-bond donors (Lipinski definition) is 1. The zero-order valence-electron chi connectivity index (χ0n) is 21.3. The van der Waals surface area contributed by atoms with Crippen molar-refractivity contribution in [1.29, 1.82) is 0 Å². The predicted molar refractivity (Wildman–Crippen MR) is 160 cm³/mol. The highest BCUT2D eigenvalue weighted by Crippen LogP contribution is 2.39. The van der Waals surface area contributed by atoms with Gasteiger partial charge in [0.05, 0.1) is 4.91 Å². The van der Waals surface area contributed by atoms with E-state index in [0.717, 1.165) is 27.8 Å². The number of carboxylic acid groups (broad SMARTS) is 1. The van der Waals surface area contributed by atoms with Gasteiger partial charge in [0.25, 0.3) is 5.91 Å². The number of carbonyl (C=O) groups excluding carboxylic acids is 1. The number of benzene rings is 4. The van der Waals surface area contributed by atoms with Gasteiger partial charge in [0, 0.05) is 0 Å². The van der Waals surface area contributed by atoms with Crippen molar-refractivity contribution in [3.8, 4) is 11.5 Å². The second-order valence-electron chi connectivity index (χ2n) is 8.96. The smallest absolute Gasteiger partial charge is 0.331 e. The van der Waals surface area contributed by atoms with Crippen LogP contribution in [0, 0.1) is 0 Å². The van der Waals surface area contributed by atoms with Crippen LogP contribution < -0.4 is 9.47 Å². The van der Waals surface area contributed by atoms with E-state index in [4.69, 9.17) is 21.7 Å². The molecule has 0 saturated carbocycles. The molecule has 1 atom stereocenters. The van der Waals surface area contributed by atoms with Crippen LogP contribution in [0.1, 0.15) is 28.3 Å². The van der Waals surface area contributed by atoms with E-state index in [9.17, 15) is 14.7 Å². The number of nitrogens with zero attached hydrogens (tertiary/aromatic N) is 1. The molecule has 1 N–H and O–H groups in total. The highest BCUT2D eigenvalue weighted by molar-refractivity contribution is 8.26. The van der Waals surface area contributed by atoms with Gasteiger partial charge in [-0.15, -0.1) is 0 Å². The minimum Gasteiger partial charge on any atom is -0.485 e. The number of hydrogen-bond acceptors (Lipinski definition) is 6. The highest BCUT2D eigenvalue weighted by Gasteiger charge is 2.41. The van der Waals surface area contributed by atoms with E-state index in [1.165, 1.54) is 0 Å². The topological polar surface area (TPSA) is 76.1 Å². The van der Waals surface area contributed by atoms with Crippen molar-refractivity contribution in [1.82, 2.24) is 4.90 Å². The number of amides is 1. The van der Waals surface area contributed by atoms with Gasteiger partial charge < -0.3 is 14.6 Å². The van der Waals surface area contributed by atoms with Crippen molar-refractivity contribution in [2.75, 3.05) is 0 Å². The Kier molecular flexibility index (Phi) is 8.59. The van der Waals surface area contributed by atoms with E-state index in [1.54, 1.807) is 42.5 Å². The SMILES string of the molecule is O=C(O)C(c1ccccc1)N1C(=O)/C(=C\c2ccc(OCc3ccccc3)c(OCc3ccccc3)c2)SC1=S. The number of aliphatic carboxylic acids is 1. The third-order valence-electron chi connectivity index (χ3n) is 6.17. The standard InChI is InChI=1S/C32H25NO5S2/c34-30-28(40-32(39)33(30)29(31(35)36)25-14-8-3-9-15-25)19-24-16-17-26(37-20-22-10-4-1-5-11-22)27(18-24)38-21-23-12-6-2-7-13-23/h1-19,29H,20-21H2,(H,35,36)/b28-19+. The zero-order chi connectivity index (χ0) is 27.9. The van der Waals surface area contributed by atoms with Gasteiger partial charge in [-0.3, -0.25) is 9.69 Å². The summed E-state index contributed by atoms with van der Waals surface area (Å²) in [6.45, 7) is 0.710. The van der Waals surface area contributed by atoms with E-state index < -0.39 is 17.9 Å².